The van der Waals surface area contributed by atoms with Crippen molar-refractivity contribution in [1.82, 2.24) is 19.9 Å². The summed E-state index contributed by atoms with van der Waals surface area (Å²) >= 11 is 0. The first-order chi connectivity index (χ1) is 11.2. The van der Waals surface area contributed by atoms with Crippen LogP contribution in [0.2, 0.25) is 0 Å². The van der Waals surface area contributed by atoms with Crippen LogP contribution in [0.25, 0.3) is 0 Å². The van der Waals surface area contributed by atoms with E-state index in [2.05, 4.69) is 19.9 Å². The van der Waals surface area contributed by atoms with Crippen LogP contribution in [0, 0.1) is 6.92 Å². The zero-order valence-corrected chi connectivity index (χ0v) is 14.2. The second-order valence-electron chi connectivity index (χ2n) is 6.78. The lowest BCUT2D eigenvalue weighted by atomic mass is 10.2. The minimum atomic E-state index is 0.312. The maximum Gasteiger partial charge on any atom is 0.236 e. The van der Waals surface area contributed by atoms with Crippen molar-refractivity contribution in [3.63, 3.8) is 0 Å². The Balaban J connectivity index is 1.40. The molecule has 0 atom stereocenters. The van der Waals surface area contributed by atoms with Crippen LogP contribution in [0.5, 0.6) is 0 Å². The molecule has 6 heteroatoms. The molecule has 0 aromatic carbocycles. The predicted molar refractivity (Wildman–Crippen MR) is 88.0 cm³/mol. The number of aromatic nitrogens is 1. The highest BCUT2D eigenvalue weighted by Crippen LogP contribution is 2.12. The minimum Gasteiger partial charge on any atom is -0.361 e. The van der Waals surface area contributed by atoms with Gasteiger partial charge in [-0.25, -0.2) is 0 Å². The number of hydrogen-bond donors (Lipinski definition) is 0. The lowest BCUT2D eigenvalue weighted by Gasteiger charge is -2.34. The summed E-state index contributed by atoms with van der Waals surface area (Å²) in [6.45, 7) is 9.12. The van der Waals surface area contributed by atoms with E-state index < -0.39 is 0 Å². The number of nitrogens with zero attached hydrogens (tertiary/aromatic N) is 4. The molecule has 0 radical (unpaired) electrons. The van der Waals surface area contributed by atoms with E-state index in [1.54, 1.807) is 0 Å². The van der Waals surface area contributed by atoms with Gasteiger partial charge in [-0.2, -0.15) is 0 Å². The van der Waals surface area contributed by atoms with Crippen molar-refractivity contribution in [3.05, 3.63) is 17.5 Å². The third-order valence-electron chi connectivity index (χ3n) is 4.84. The summed E-state index contributed by atoms with van der Waals surface area (Å²) < 4.78 is 5.12. The highest BCUT2D eigenvalue weighted by molar-refractivity contribution is 5.78. The van der Waals surface area contributed by atoms with Crippen LogP contribution in [0.1, 0.15) is 37.1 Å². The first-order valence-electron chi connectivity index (χ1n) is 8.85. The molecule has 0 bridgehead atoms. The van der Waals surface area contributed by atoms with E-state index in [-0.39, 0.29) is 0 Å². The van der Waals surface area contributed by atoms with Crippen molar-refractivity contribution >= 4 is 5.91 Å². The van der Waals surface area contributed by atoms with Gasteiger partial charge < -0.3 is 9.42 Å². The molecule has 0 N–H and O–H groups in total. The standard InChI is InChI=1S/C17H28N4O2/c1-15-12-16(18-23-15)13-19-8-10-20(11-9-19)14-17(22)21-6-4-2-3-5-7-21/h12H,2-11,13-14H2,1H3. The number of amides is 1. The molecular weight excluding hydrogens is 292 g/mol. The molecule has 0 unspecified atom stereocenters. The summed E-state index contributed by atoms with van der Waals surface area (Å²) in [6.07, 6.45) is 4.86. The summed E-state index contributed by atoms with van der Waals surface area (Å²) in [4.78, 5) is 19.2. The molecule has 1 amide bonds. The van der Waals surface area contributed by atoms with E-state index in [1.807, 2.05) is 13.0 Å². The second kappa shape index (κ2) is 7.93. The van der Waals surface area contributed by atoms with E-state index in [4.69, 9.17) is 4.52 Å². The highest BCUT2D eigenvalue weighted by atomic mass is 16.5. The fraction of sp³-hybridized carbons (Fsp3) is 0.765. The SMILES string of the molecule is Cc1cc(CN2CCN(CC(=O)N3CCCCCC3)CC2)no1. The molecule has 2 saturated heterocycles. The number of rotatable bonds is 4. The van der Waals surface area contributed by atoms with E-state index in [0.29, 0.717) is 12.5 Å². The van der Waals surface area contributed by atoms with Gasteiger partial charge in [-0.15, -0.1) is 0 Å². The number of piperazine rings is 1. The smallest absolute Gasteiger partial charge is 0.236 e. The Bertz CT molecular complexity index is 500. The van der Waals surface area contributed by atoms with Crippen molar-refractivity contribution in [2.45, 2.75) is 39.2 Å². The first-order valence-corrected chi connectivity index (χ1v) is 8.85. The second-order valence-corrected chi connectivity index (χ2v) is 6.78. The van der Waals surface area contributed by atoms with Gasteiger partial charge >= 0.3 is 0 Å². The molecule has 23 heavy (non-hydrogen) atoms. The quantitative estimate of drug-likeness (QED) is 0.841. The average Bonchev–Trinajstić information content (AvgIpc) is 2.79. The third-order valence-corrected chi connectivity index (χ3v) is 4.84. The lowest BCUT2D eigenvalue weighted by molar-refractivity contribution is -0.132. The van der Waals surface area contributed by atoms with Gasteiger partial charge in [-0.1, -0.05) is 18.0 Å². The van der Waals surface area contributed by atoms with Crippen LogP contribution < -0.4 is 0 Å². The largest absolute Gasteiger partial charge is 0.361 e. The molecule has 2 aliphatic rings. The predicted octanol–water partition coefficient (Wildman–Crippen LogP) is 1.50. The summed E-state index contributed by atoms with van der Waals surface area (Å²) in [5, 5.41) is 4.06. The topological polar surface area (TPSA) is 52.8 Å². The lowest BCUT2D eigenvalue weighted by Crippen LogP contribution is -2.49. The Morgan fingerprint density at radius 2 is 1.70 bits per heavy atom. The number of carbonyl (C=O) groups excluding carboxylic acids is 1. The van der Waals surface area contributed by atoms with Gasteiger partial charge in [0, 0.05) is 51.9 Å². The van der Waals surface area contributed by atoms with Crippen molar-refractivity contribution in [1.29, 1.82) is 0 Å². The average molecular weight is 320 g/mol. The van der Waals surface area contributed by atoms with Gasteiger partial charge in [-0.3, -0.25) is 14.6 Å². The molecular formula is C17H28N4O2. The highest BCUT2D eigenvalue weighted by Gasteiger charge is 2.22. The number of aryl methyl sites for hydroxylation is 1. The number of carbonyl (C=O) groups is 1. The van der Waals surface area contributed by atoms with Crippen LogP contribution in [0.15, 0.2) is 10.6 Å². The van der Waals surface area contributed by atoms with Crippen molar-refractivity contribution in [3.8, 4) is 0 Å². The molecule has 6 nitrogen and oxygen atoms in total. The monoisotopic (exact) mass is 320 g/mol. The van der Waals surface area contributed by atoms with Crippen molar-refractivity contribution < 1.29 is 9.32 Å². The molecule has 0 aliphatic carbocycles. The fourth-order valence-electron chi connectivity index (χ4n) is 3.44. The van der Waals surface area contributed by atoms with Crippen molar-refractivity contribution in [2.75, 3.05) is 45.8 Å². The Morgan fingerprint density at radius 3 is 2.30 bits per heavy atom. The maximum absolute atomic E-state index is 12.4. The van der Waals surface area contributed by atoms with E-state index >= 15 is 0 Å². The minimum absolute atomic E-state index is 0.312. The van der Waals surface area contributed by atoms with Gasteiger partial charge in [0.25, 0.3) is 0 Å². The van der Waals surface area contributed by atoms with Gasteiger partial charge in [-0.05, 0) is 19.8 Å². The summed E-state index contributed by atoms with van der Waals surface area (Å²) in [6, 6.07) is 2.00. The fourth-order valence-corrected chi connectivity index (χ4v) is 3.44. The molecule has 0 spiro atoms. The van der Waals surface area contributed by atoms with Crippen LogP contribution in [0.4, 0.5) is 0 Å². The van der Waals surface area contributed by atoms with Crippen LogP contribution >= 0.6 is 0 Å². The number of likely N-dealkylation sites (tertiary alicyclic amines) is 1. The summed E-state index contributed by atoms with van der Waals surface area (Å²) in [5.74, 6) is 1.18. The summed E-state index contributed by atoms with van der Waals surface area (Å²) in [5.41, 5.74) is 0.997. The zero-order valence-electron chi connectivity index (χ0n) is 14.2. The zero-order chi connectivity index (χ0) is 16.1. The molecule has 1 aromatic heterocycles. The van der Waals surface area contributed by atoms with Crippen molar-refractivity contribution in [2.24, 2.45) is 0 Å². The molecule has 2 aliphatic heterocycles. The molecule has 2 fully saturated rings. The molecule has 128 valence electrons. The van der Waals surface area contributed by atoms with E-state index in [1.165, 1.54) is 12.8 Å². The molecule has 3 heterocycles. The van der Waals surface area contributed by atoms with Crippen LogP contribution in [0.3, 0.4) is 0 Å². The maximum atomic E-state index is 12.4. The van der Waals surface area contributed by atoms with E-state index in [0.717, 1.165) is 70.1 Å². The third kappa shape index (κ3) is 4.78. The van der Waals surface area contributed by atoms with Gasteiger partial charge in [0.05, 0.1) is 12.2 Å². The van der Waals surface area contributed by atoms with Crippen LogP contribution in [-0.2, 0) is 11.3 Å². The van der Waals surface area contributed by atoms with E-state index in [9.17, 15) is 4.79 Å². The molecule has 3 rings (SSSR count). The van der Waals surface area contributed by atoms with Gasteiger partial charge in [0.1, 0.15) is 5.76 Å². The first kappa shape index (κ1) is 16.5. The Labute approximate surface area is 138 Å². The number of hydrogen-bond acceptors (Lipinski definition) is 5. The van der Waals surface area contributed by atoms with Crippen LogP contribution in [-0.4, -0.2) is 71.6 Å². The molecule has 0 saturated carbocycles. The van der Waals surface area contributed by atoms with Gasteiger partial charge in [0.15, 0.2) is 0 Å². The normalized spacial score (nSPS) is 21.3. The Hall–Kier alpha value is -1.40. The summed E-state index contributed by atoms with van der Waals surface area (Å²) in [7, 11) is 0. The Kier molecular flexibility index (Phi) is 5.67. The van der Waals surface area contributed by atoms with Gasteiger partial charge in [0.2, 0.25) is 5.91 Å². The Morgan fingerprint density at radius 1 is 1.04 bits per heavy atom. The molecule has 1 aromatic rings.